The molecule has 1 N–H and O–H groups in total. The molecule has 2 rings (SSSR count). The Hall–Kier alpha value is -2.38. The maximum absolute atomic E-state index is 13.1. The first-order valence-electron chi connectivity index (χ1n) is 8.97. The molecule has 0 bridgehead atoms. The zero-order valence-electron chi connectivity index (χ0n) is 16.1. The predicted octanol–water partition coefficient (Wildman–Crippen LogP) is 2.58. The van der Waals surface area contributed by atoms with Crippen LogP contribution in [0.1, 0.15) is 23.7 Å². The number of anilines is 1. The zero-order chi connectivity index (χ0) is 19.9. The molecule has 0 aliphatic rings. The molecule has 0 fully saturated rings. The number of nitrogens with one attached hydrogen (secondary N) is 1. The van der Waals surface area contributed by atoms with Crippen LogP contribution in [-0.2, 0) is 10.0 Å². The number of rotatable bonds is 9. The van der Waals surface area contributed by atoms with Gasteiger partial charge in [-0.2, -0.15) is 0 Å². The highest BCUT2D eigenvalue weighted by Gasteiger charge is 2.24. The molecule has 0 heterocycles. The molecule has 2 aromatic carbocycles. The molecule has 146 valence electrons. The standard InChI is InChI=1S/C20H27N3O3S/c1-4-23(18-11-6-5-7-12-18)27(25,26)19-13-8-10-17(16-19)20(24)21-14-9-15-22(2)3/h5-8,10-13,16H,4,9,14-15H2,1-3H3,(H,21,24). The number of amides is 1. The number of sulfonamides is 1. The van der Waals surface area contributed by atoms with E-state index in [4.69, 9.17) is 0 Å². The molecule has 0 saturated heterocycles. The van der Waals surface area contributed by atoms with E-state index in [-0.39, 0.29) is 10.8 Å². The molecule has 0 unspecified atom stereocenters. The van der Waals surface area contributed by atoms with Crippen molar-refractivity contribution in [2.75, 3.05) is 38.0 Å². The number of hydrogen-bond donors (Lipinski definition) is 1. The Bertz CT molecular complexity index is 852. The van der Waals surface area contributed by atoms with Crippen LogP contribution >= 0.6 is 0 Å². The molecule has 1 amide bonds. The molecule has 0 aliphatic heterocycles. The minimum absolute atomic E-state index is 0.106. The second kappa shape index (κ2) is 9.53. The summed E-state index contributed by atoms with van der Waals surface area (Å²) < 4.78 is 27.5. The van der Waals surface area contributed by atoms with Crippen molar-refractivity contribution in [3.8, 4) is 0 Å². The van der Waals surface area contributed by atoms with Gasteiger partial charge in [-0.05, 0) is 64.3 Å². The summed E-state index contributed by atoms with van der Waals surface area (Å²) in [6.07, 6.45) is 0.828. The average molecular weight is 390 g/mol. The number of nitrogens with zero attached hydrogens (tertiary/aromatic N) is 2. The van der Waals surface area contributed by atoms with Crippen LogP contribution in [0.2, 0.25) is 0 Å². The van der Waals surface area contributed by atoms with Crippen LogP contribution in [0.15, 0.2) is 59.5 Å². The smallest absolute Gasteiger partial charge is 0.264 e. The fourth-order valence-corrected chi connectivity index (χ4v) is 4.23. The molecule has 0 atom stereocenters. The van der Waals surface area contributed by atoms with Gasteiger partial charge in [-0.3, -0.25) is 9.10 Å². The number of carbonyl (C=O) groups is 1. The van der Waals surface area contributed by atoms with E-state index in [1.54, 1.807) is 43.3 Å². The maximum Gasteiger partial charge on any atom is 0.264 e. The van der Waals surface area contributed by atoms with Gasteiger partial charge in [0, 0.05) is 18.7 Å². The minimum atomic E-state index is -3.75. The lowest BCUT2D eigenvalue weighted by Crippen LogP contribution is -2.31. The number of hydrogen-bond acceptors (Lipinski definition) is 4. The lowest BCUT2D eigenvalue weighted by Gasteiger charge is -2.23. The van der Waals surface area contributed by atoms with E-state index in [1.807, 2.05) is 25.1 Å². The van der Waals surface area contributed by atoms with Gasteiger partial charge in [0.25, 0.3) is 15.9 Å². The van der Waals surface area contributed by atoms with Gasteiger partial charge in [0.1, 0.15) is 0 Å². The largest absolute Gasteiger partial charge is 0.352 e. The lowest BCUT2D eigenvalue weighted by molar-refractivity contribution is 0.0952. The highest BCUT2D eigenvalue weighted by atomic mass is 32.2. The van der Waals surface area contributed by atoms with Gasteiger partial charge in [-0.15, -0.1) is 0 Å². The first-order chi connectivity index (χ1) is 12.9. The van der Waals surface area contributed by atoms with E-state index in [1.165, 1.54) is 16.4 Å². The fraction of sp³-hybridized carbons (Fsp3) is 0.350. The van der Waals surface area contributed by atoms with Gasteiger partial charge in [0.05, 0.1) is 10.6 Å². The fourth-order valence-electron chi connectivity index (χ4n) is 2.71. The van der Waals surface area contributed by atoms with Crippen molar-refractivity contribution in [3.05, 3.63) is 60.2 Å². The van der Waals surface area contributed by atoms with E-state index in [2.05, 4.69) is 5.32 Å². The Labute approximate surface area is 161 Å². The molecule has 7 heteroatoms. The quantitative estimate of drug-likeness (QED) is 0.669. The molecule has 2 aromatic rings. The molecule has 0 aromatic heterocycles. The molecule has 0 radical (unpaired) electrons. The molecule has 27 heavy (non-hydrogen) atoms. The summed E-state index contributed by atoms with van der Waals surface area (Å²) in [7, 11) is 0.199. The summed E-state index contributed by atoms with van der Waals surface area (Å²) in [4.78, 5) is 14.5. The highest BCUT2D eigenvalue weighted by molar-refractivity contribution is 7.92. The van der Waals surface area contributed by atoms with Gasteiger partial charge in [-0.25, -0.2) is 8.42 Å². The molecule has 0 aliphatic carbocycles. The summed E-state index contributed by atoms with van der Waals surface area (Å²) in [5, 5.41) is 2.83. The predicted molar refractivity (Wildman–Crippen MR) is 109 cm³/mol. The summed E-state index contributed by atoms with van der Waals surface area (Å²) in [5.41, 5.74) is 0.934. The van der Waals surface area contributed by atoms with Crippen LogP contribution in [-0.4, -0.2) is 53.0 Å². The van der Waals surface area contributed by atoms with E-state index < -0.39 is 10.0 Å². The minimum Gasteiger partial charge on any atom is -0.352 e. The third-order valence-corrected chi connectivity index (χ3v) is 5.98. The van der Waals surface area contributed by atoms with Gasteiger partial charge in [0.2, 0.25) is 0 Å². The van der Waals surface area contributed by atoms with Crippen LogP contribution in [0.25, 0.3) is 0 Å². The molecular formula is C20H27N3O3S. The Morgan fingerprint density at radius 2 is 1.74 bits per heavy atom. The second-order valence-electron chi connectivity index (χ2n) is 6.45. The van der Waals surface area contributed by atoms with Crippen molar-refractivity contribution in [1.82, 2.24) is 10.2 Å². The van der Waals surface area contributed by atoms with Crippen molar-refractivity contribution in [1.29, 1.82) is 0 Å². The average Bonchev–Trinajstić information content (AvgIpc) is 2.66. The monoisotopic (exact) mass is 389 g/mol. The topological polar surface area (TPSA) is 69.7 Å². The van der Waals surface area contributed by atoms with Crippen molar-refractivity contribution in [3.63, 3.8) is 0 Å². The summed E-state index contributed by atoms with van der Waals surface area (Å²) >= 11 is 0. The Balaban J connectivity index is 2.18. The second-order valence-corrected chi connectivity index (χ2v) is 8.31. The van der Waals surface area contributed by atoms with Gasteiger partial charge in [-0.1, -0.05) is 24.3 Å². The molecular weight excluding hydrogens is 362 g/mol. The van der Waals surface area contributed by atoms with E-state index in [0.29, 0.717) is 24.3 Å². The Kier molecular flexibility index (Phi) is 7.38. The van der Waals surface area contributed by atoms with Gasteiger partial charge < -0.3 is 10.2 Å². The number of carbonyl (C=O) groups excluding carboxylic acids is 1. The van der Waals surface area contributed by atoms with Gasteiger partial charge in [0.15, 0.2) is 0 Å². The molecule has 0 saturated carbocycles. The van der Waals surface area contributed by atoms with Crippen LogP contribution in [0.4, 0.5) is 5.69 Å². The van der Waals surface area contributed by atoms with E-state index >= 15 is 0 Å². The summed E-state index contributed by atoms with van der Waals surface area (Å²) in [6, 6.07) is 15.1. The first kappa shape index (κ1) is 20.9. The van der Waals surface area contributed by atoms with Crippen molar-refractivity contribution < 1.29 is 13.2 Å². The van der Waals surface area contributed by atoms with Crippen LogP contribution in [0, 0.1) is 0 Å². The van der Waals surface area contributed by atoms with Crippen LogP contribution < -0.4 is 9.62 Å². The molecule has 6 nitrogen and oxygen atoms in total. The van der Waals surface area contributed by atoms with Crippen LogP contribution in [0.3, 0.4) is 0 Å². The highest BCUT2D eigenvalue weighted by Crippen LogP contribution is 2.23. The van der Waals surface area contributed by atoms with Crippen molar-refractivity contribution in [2.24, 2.45) is 0 Å². The van der Waals surface area contributed by atoms with Crippen molar-refractivity contribution >= 4 is 21.6 Å². The van der Waals surface area contributed by atoms with Gasteiger partial charge >= 0.3 is 0 Å². The Morgan fingerprint density at radius 1 is 1.04 bits per heavy atom. The third-order valence-electron chi connectivity index (χ3n) is 4.08. The third kappa shape index (κ3) is 5.55. The lowest BCUT2D eigenvalue weighted by atomic mass is 10.2. The summed E-state index contributed by atoms with van der Waals surface area (Å²) in [5.74, 6) is -0.270. The number of para-hydroxylation sites is 1. The van der Waals surface area contributed by atoms with Crippen LogP contribution in [0.5, 0.6) is 0 Å². The Morgan fingerprint density at radius 3 is 2.37 bits per heavy atom. The van der Waals surface area contributed by atoms with E-state index in [0.717, 1.165) is 13.0 Å². The molecule has 0 spiro atoms. The number of benzene rings is 2. The van der Waals surface area contributed by atoms with Crippen molar-refractivity contribution in [2.45, 2.75) is 18.2 Å². The maximum atomic E-state index is 13.1. The SMILES string of the molecule is CCN(c1ccccc1)S(=O)(=O)c1cccc(C(=O)NCCCN(C)C)c1. The van der Waals surface area contributed by atoms with E-state index in [9.17, 15) is 13.2 Å². The normalized spacial score (nSPS) is 11.4. The zero-order valence-corrected chi connectivity index (χ0v) is 16.9. The summed E-state index contributed by atoms with van der Waals surface area (Å²) in [6.45, 7) is 3.50. The first-order valence-corrected chi connectivity index (χ1v) is 10.4.